The number of rotatable bonds is 5. The van der Waals surface area contributed by atoms with Crippen molar-refractivity contribution in [2.24, 2.45) is 5.41 Å². The Kier molecular flexibility index (Phi) is 3.72. The van der Waals surface area contributed by atoms with Crippen molar-refractivity contribution < 1.29 is 0 Å². The van der Waals surface area contributed by atoms with Crippen LogP contribution in [0.5, 0.6) is 0 Å². The molecule has 1 spiro atoms. The molecule has 0 unspecified atom stereocenters. The summed E-state index contributed by atoms with van der Waals surface area (Å²) < 4.78 is 0. The standard InChI is InChI=1S/C15H28N2/c1-2-7-15(8-3-1)9-12-17(13-15)11-4-10-16-14-5-6-14/h14,16H,1-13H2. The summed E-state index contributed by atoms with van der Waals surface area (Å²) in [5, 5.41) is 3.62. The van der Waals surface area contributed by atoms with Gasteiger partial charge in [-0.1, -0.05) is 19.3 Å². The summed E-state index contributed by atoms with van der Waals surface area (Å²) in [4.78, 5) is 2.74. The third-order valence-corrected chi connectivity index (χ3v) is 5.09. The van der Waals surface area contributed by atoms with Gasteiger partial charge in [0, 0.05) is 12.6 Å². The number of hydrogen-bond donors (Lipinski definition) is 1. The van der Waals surface area contributed by atoms with Crippen molar-refractivity contribution in [2.75, 3.05) is 26.2 Å². The predicted octanol–water partition coefficient (Wildman–Crippen LogP) is 2.78. The Morgan fingerprint density at radius 3 is 2.65 bits per heavy atom. The third kappa shape index (κ3) is 3.23. The predicted molar refractivity (Wildman–Crippen MR) is 72.2 cm³/mol. The molecule has 2 heteroatoms. The minimum Gasteiger partial charge on any atom is -0.314 e. The van der Waals surface area contributed by atoms with Crippen molar-refractivity contribution in [2.45, 2.75) is 63.8 Å². The highest BCUT2D eigenvalue weighted by atomic mass is 15.2. The molecular formula is C15H28N2. The van der Waals surface area contributed by atoms with E-state index in [2.05, 4.69) is 10.2 Å². The monoisotopic (exact) mass is 236 g/mol. The Morgan fingerprint density at radius 1 is 1.06 bits per heavy atom. The van der Waals surface area contributed by atoms with Gasteiger partial charge in [0.2, 0.25) is 0 Å². The molecule has 3 rings (SSSR count). The molecule has 0 aromatic rings. The van der Waals surface area contributed by atoms with Gasteiger partial charge in [0.25, 0.3) is 0 Å². The molecule has 0 aromatic heterocycles. The first-order valence-electron chi connectivity index (χ1n) is 7.82. The fourth-order valence-electron chi connectivity index (χ4n) is 3.82. The molecule has 0 amide bonds. The van der Waals surface area contributed by atoms with Gasteiger partial charge in [-0.05, 0) is 63.6 Å². The van der Waals surface area contributed by atoms with E-state index in [9.17, 15) is 0 Å². The van der Waals surface area contributed by atoms with Crippen molar-refractivity contribution in [3.8, 4) is 0 Å². The summed E-state index contributed by atoms with van der Waals surface area (Å²) in [5.41, 5.74) is 0.752. The van der Waals surface area contributed by atoms with E-state index in [-0.39, 0.29) is 0 Å². The van der Waals surface area contributed by atoms with E-state index in [4.69, 9.17) is 0 Å². The maximum absolute atomic E-state index is 3.62. The van der Waals surface area contributed by atoms with Gasteiger partial charge in [-0.3, -0.25) is 0 Å². The first kappa shape index (κ1) is 12.0. The van der Waals surface area contributed by atoms with Crippen LogP contribution in [0.1, 0.15) is 57.8 Å². The van der Waals surface area contributed by atoms with Gasteiger partial charge in [-0.15, -0.1) is 0 Å². The van der Waals surface area contributed by atoms with Crippen LogP contribution in [0, 0.1) is 5.41 Å². The van der Waals surface area contributed by atoms with Gasteiger partial charge in [-0.2, -0.15) is 0 Å². The van der Waals surface area contributed by atoms with Crippen molar-refractivity contribution in [3.63, 3.8) is 0 Å². The largest absolute Gasteiger partial charge is 0.314 e. The Bertz CT molecular complexity index is 241. The minimum absolute atomic E-state index is 0.752. The quantitative estimate of drug-likeness (QED) is 0.738. The van der Waals surface area contributed by atoms with E-state index in [1.807, 2.05) is 0 Å². The van der Waals surface area contributed by atoms with Crippen LogP contribution in [0.2, 0.25) is 0 Å². The summed E-state index contributed by atoms with van der Waals surface area (Å²) in [7, 11) is 0. The molecule has 2 saturated carbocycles. The van der Waals surface area contributed by atoms with Gasteiger partial charge in [0.1, 0.15) is 0 Å². The molecule has 1 heterocycles. The summed E-state index contributed by atoms with van der Waals surface area (Å²) in [6.45, 7) is 5.37. The fourth-order valence-corrected chi connectivity index (χ4v) is 3.82. The molecule has 3 fully saturated rings. The third-order valence-electron chi connectivity index (χ3n) is 5.09. The van der Waals surface area contributed by atoms with Crippen LogP contribution in [-0.4, -0.2) is 37.1 Å². The molecule has 0 bridgehead atoms. The van der Waals surface area contributed by atoms with Crippen molar-refractivity contribution in [1.82, 2.24) is 10.2 Å². The highest BCUT2D eigenvalue weighted by Gasteiger charge is 2.38. The van der Waals surface area contributed by atoms with Crippen LogP contribution >= 0.6 is 0 Å². The second-order valence-electron chi connectivity index (χ2n) is 6.67. The molecule has 0 atom stereocenters. The van der Waals surface area contributed by atoms with Crippen LogP contribution in [-0.2, 0) is 0 Å². The first-order valence-corrected chi connectivity index (χ1v) is 7.82. The lowest BCUT2D eigenvalue weighted by Crippen LogP contribution is -2.31. The molecule has 17 heavy (non-hydrogen) atoms. The van der Waals surface area contributed by atoms with Crippen LogP contribution in [0.4, 0.5) is 0 Å². The van der Waals surface area contributed by atoms with E-state index < -0.39 is 0 Å². The highest BCUT2D eigenvalue weighted by molar-refractivity contribution is 4.91. The molecule has 0 aromatic carbocycles. The van der Waals surface area contributed by atoms with Crippen LogP contribution in [0.3, 0.4) is 0 Å². The summed E-state index contributed by atoms with van der Waals surface area (Å²) >= 11 is 0. The van der Waals surface area contributed by atoms with E-state index in [0.29, 0.717) is 0 Å². The number of likely N-dealkylation sites (tertiary alicyclic amines) is 1. The first-order chi connectivity index (χ1) is 8.36. The van der Waals surface area contributed by atoms with Gasteiger partial charge < -0.3 is 10.2 Å². The molecule has 0 radical (unpaired) electrons. The van der Waals surface area contributed by atoms with Gasteiger partial charge in [0.05, 0.1) is 0 Å². The fraction of sp³-hybridized carbons (Fsp3) is 1.00. The SMILES string of the molecule is C1CCC2(CC1)CCN(CCCNC1CC1)C2. The highest BCUT2D eigenvalue weighted by Crippen LogP contribution is 2.43. The molecular weight excluding hydrogens is 208 g/mol. The lowest BCUT2D eigenvalue weighted by atomic mass is 9.73. The van der Waals surface area contributed by atoms with E-state index >= 15 is 0 Å². The van der Waals surface area contributed by atoms with Gasteiger partial charge >= 0.3 is 0 Å². The Morgan fingerprint density at radius 2 is 1.88 bits per heavy atom. The Balaban J connectivity index is 1.34. The minimum atomic E-state index is 0.752. The molecule has 1 saturated heterocycles. The second kappa shape index (κ2) is 5.27. The van der Waals surface area contributed by atoms with Crippen LogP contribution in [0.15, 0.2) is 0 Å². The lowest BCUT2D eigenvalue weighted by Gasteiger charge is -2.33. The van der Waals surface area contributed by atoms with E-state index in [1.54, 1.807) is 0 Å². The van der Waals surface area contributed by atoms with Gasteiger partial charge in [0.15, 0.2) is 0 Å². The summed E-state index contributed by atoms with van der Waals surface area (Å²) in [6, 6.07) is 0.887. The molecule has 98 valence electrons. The van der Waals surface area contributed by atoms with Gasteiger partial charge in [-0.25, -0.2) is 0 Å². The smallest absolute Gasteiger partial charge is 0.00682 e. The second-order valence-corrected chi connectivity index (χ2v) is 6.67. The zero-order valence-corrected chi connectivity index (χ0v) is 11.2. The average Bonchev–Trinajstić information content (AvgIpc) is 3.10. The van der Waals surface area contributed by atoms with E-state index in [0.717, 1.165) is 11.5 Å². The zero-order chi connectivity index (χ0) is 11.6. The molecule has 1 aliphatic heterocycles. The van der Waals surface area contributed by atoms with Crippen molar-refractivity contribution in [1.29, 1.82) is 0 Å². The zero-order valence-electron chi connectivity index (χ0n) is 11.2. The Labute approximate surface area is 106 Å². The number of nitrogens with zero attached hydrogens (tertiary/aromatic N) is 1. The molecule has 2 nitrogen and oxygen atoms in total. The number of nitrogens with one attached hydrogen (secondary N) is 1. The molecule has 3 aliphatic rings. The average molecular weight is 236 g/mol. The van der Waals surface area contributed by atoms with E-state index in [1.165, 1.54) is 84.0 Å². The lowest BCUT2D eigenvalue weighted by molar-refractivity contribution is 0.185. The van der Waals surface area contributed by atoms with Crippen LogP contribution < -0.4 is 5.32 Å². The van der Waals surface area contributed by atoms with Crippen molar-refractivity contribution >= 4 is 0 Å². The number of hydrogen-bond acceptors (Lipinski definition) is 2. The molecule has 2 aliphatic carbocycles. The maximum Gasteiger partial charge on any atom is 0.00682 e. The summed E-state index contributed by atoms with van der Waals surface area (Å²) in [5.74, 6) is 0. The normalized spacial score (nSPS) is 28.9. The topological polar surface area (TPSA) is 15.3 Å². The molecule has 1 N–H and O–H groups in total. The Hall–Kier alpha value is -0.0800. The van der Waals surface area contributed by atoms with Crippen molar-refractivity contribution in [3.05, 3.63) is 0 Å². The summed E-state index contributed by atoms with van der Waals surface area (Å²) in [6.07, 6.45) is 13.2. The van der Waals surface area contributed by atoms with Crippen LogP contribution in [0.25, 0.3) is 0 Å². The maximum atomic E-state index is 3.62.